The fourth-order valence-corrected chi connectivity index (χ4v) is 3.47. The van der Waals surface area contributed by atoms with E-state index in [-0.39, 0.29) is 12.6 Å². The SMILES string of the molecule is Cn1ccnc1Sc1cc(-c2cc(OCC#N)c(Cl)cc2Cl)nc(N)n1. The standard InChI is InChI=1S/C16H12Cl2N6OS/c1-24-4-3-21-16(24)26-14-8-12(22-15(20)23-14)9-6-13(25-5-2-19)11(18)7-10(9)17/h3-4,6-8H,5H2,1H3,(H2,20,22,23). The third-order valence-electron chi connectivity index (χ3n) is 3.28. The van der Waals surface area contributed by atoms with Crippen LogP contribution >= 0.6 is 35.0 Å². The van der Waals surface area contributed by atoms with Gasteiger partial charge in [0.2, 0.25) is 5.95 Å². The number of rotatable bonds is 5. The van der Waals surface area contributed by atoms with Crippen molar-refractivity contribution in [1.29, 1.82) is 5.26 Å². The van der Waals surface area contributed by atoms with Crippen LogP contribution in [0.3, 0.4) is 0 Å². The topological polar surface area (TPSA) is 103 Å². The maximum Gasteiger partial charge on any atom is 0.221 e. The number of aromatic nitrogens is 4. The lowest BCUT2D eigenvalue weighted by molar-refractivity contribution is 0.368. The van der Waals surface area contributed by atoms with Crippen LogP contribution in [0.15, 0.2) is 40.8 Å². The number of anilines is 1. The van der Waals surface area contributed by atoms with E-state index in [1.54, 1.807) is 18.3 Å². The van der Waals surface area contributed by atoms with Crippen molar-refractivity contribution in [2.24, 2.45) is 7.05 Å². The molecule has 3 rings (SSSR count). The average Bonchev–Trinajstić information content (AvgIpc) is 2.98. The minimum Gasteiger partial charge on any atom is -0.477 e. The molecule has 0 spiro atoms. The van der Waals surface area contributed by atoms with Crippen molar-refractivity contribution in [3.05, 3.63) is 40.6 Å². The van der Waals surface area contributed by atoms with Crippen molar-refractivity contribution in [2.75, 3.05) is 12.3 Å². The van der Waals surface area contributed by atoms with Crippen molar-refractivity contribution in [2.45, 2.75) is 10.2 Å². The molecule has 26 heavy (non-hydrogen) atoms. The van der Waals surface area contributed by atoms with E-state index in [2.05, 4.69) is 15.0 Å². The zero-order valence-corrected chi connectivity index (χ0v) is 15.8. The van der Waals surface area contributed by atoms with Crippen molar-refractivity contribution in [3.8, 4) is 23.1 Å². The van der Waals surface area contributed by atoms with Gasteiger partial charge in [-0.05, 0) is 30.0 Å². The summed E-state index contributed by atoms with van der Waals surface area (Å²) < 4.78 is 7.19. The van der Waals surface area contributed by atoms with Gasteiger partial charge in [0, 0.05) is 25.0 Å². The Bertz CT molecular complexity index is 1000. The lowest BCUT2D eigenvalue weighted by Gasteiger charge is -2.11. The number of nitrogens with zero attached hydrogens (tertiary/aromatic N) is 5. The molecule has 3 aromatic rings. The Morgan fingerprint density at radius 1 is 1.27 bits per heavy atom. The largest absolute Gasteiger partial charge is 0.477 e. The van der Waals surface area contributed by atoms with Gasteiger partial charge in [0.15, 0.2) is 11.8 Å². The summed E-state index contributed by atoms with van der Waals surface area (Å²) in [5.74, 6) is 0.438. The molecule has 10 heteroatoms. The molecule has 0 fully saturated rings. The van der Waals surface area contributed by atoms with Gasteiger partial charge in [0.1, 0.15) is 16.8 Å². The molecule has 0 saturated carbocycles. The third-order valence-corrected chi connectivity index (χ3v) is 4.88. The van der Waals surface area contributed by atoms with Gasteiger partial charge in [-0.15, -0.1) is 0 Å². The molecule has 0 aliphatic heterocycles. The number of benzene rings is 1. The summed E-state index contributed by atoms with van der Waals surface area (Å²) in [6, 6.07) is 6.80. The van der Waals surface area contributed by atoms with Gasteiger partial charge >= 0.3 is 0 Å². The van der Waals surface area contributed by atoms with Crippen LogP contribution in [0.4, 0.5) is 5.95 Å². The summed E-state index contributed by atoms with van der Waals surface area (Å²) in [5, 5.41) is 10.7. The molecule has 2 N–H and O–H groups in total. The van der Waals surface area contributed by atoms with Gasteiger partial charge in [-0.1, -0.05) is 23.2 Å². The van der Waals surface area contributed by atoms with E-state index in [1.807, 2.05) is 23.9 Å². The number of hydrogen-bond acceptors (Lipinski definition) is 7. The molecule has 0 aliphatic rings. The maximum atomic E-state index is 8.68. The smallest absolute Gasteiger partial charge is 0.221 e. The van der Waals surface area contributed by atoms with Crippen LogP contribution in [0.5, 0.6) is 5.75 Å². The molecule has 0 amide bonds. The van der Waals surface area contributed by atoms with E-state index >= 15 is 0 Å². The van der Waals surface area contributed by atoms with Gasteiger partial charge in [-0.3, -0.25) is 0 Å². The van der Waals surface area contributed by atoms with E-state index in [0.29, 0.717) is 32.1 Å². The van der Waals surface area contributed by atoms with E-state index < -0.39 is 0 Å². The molecule has 132 valence electrons. The molecule has 0 aliphatic carbocycles. The monoisotopic (exact) mass is 406 g/mol. The zero-order valence-electron chi connectivity index (χ0n) is 13.5. The van der Waals surface area contributed by atoms with Gasteiger partial charge in [0.25, 0.3) is 0 Å². The van der Waals surface area contributed by atoms with E-state index in [4.69, 9.17) is 38.9 Å². The molecule has 7 nitrogen and oxygen atoms in total. The predicted octanol–water partition coefficient (Wildman–Crippen LogP) is 3.82. The fourth-order valence-electron chi connectivity index (χ4n) is 2.12. The highest BCUT2D eigenvalue weighted by Crippen LogP contribution is 2.37. The van der Waals surface area contributed by atoms with Crippen molar-refractivity contribution < 1.29 is 4.74 Å². The zero-order chi connectivity index (χ0) is 18.7. The molecule has 0 bridgehead atoms. The fraction of sp³-hybridized carbons (Fsp3) is 0.125. The van der Waals surface area contributed by atoms with Crippen LogP contribution in [0, 0.1) is 11.3 Å². The molecule has 0 atom stereocenters. The first kappa shape index (κ1) is 18.3. The van der Waals surface area contributed by atoms with Gasteiger partial charge in [-0.25, -0.2) is 15.0 Å². The first-order valence-corrected chi connectivity index (χ1v) is 8.84. The molecular weight excluding hydrogens is 395 g/mol. The van der Waals surface area contributed by atoms with Gasteiger partial charge in [0.05, 0.1) is 15.7 Å². The summed E-state index contributed by atoms with van der Waals surface area (Å²) in [4.78, 5) is 12.7. The van der Waals surface area contributed by atoms with Crippen molar-refractivity contribution in [3.63, 3.8) is 0 Å². The third kappa shape index (κ3) is 4.02. The van der Waals surface area contributed by atoms with E-state index in [9.17, 15) is 0 Å². The van der Waals surface area contributed by atoms with Gasteiger partial charge in [-0.2, -0.15) is 5.26 Å². The highest BCUT2D eigenvalue weighted by atomic mass is 35.5. The Labute approximate surface area is 163 Å². The Hall–Kier alpha value is -2.47. The summed E-state index contributed by atoms with van der Waals surface area (Å²) >= 11 is 13.8. The number of nitrogen functional groups attached to an aromatic ring is 1. The Balaban J connectivity index is 2.01. The second kappa shape index (κ2) is 7.83. The summed E-state index contributed by atoms with van der Waals surface area (Å²) in [5.41, 5.74) is 6.94. The van der Waals surface area contributed by atoms with E-state index in [1.165, 1.54) is 17.8 Å². The van der Waals surface area contributed by atoms with Crippen LogP contribution in [-0.2, 0) is 7.05 Å². The minimum absolute atomic E-state index is 0.102. The maximum absolute atomic E-state index is 8.68. The van der Waals surface area contributed by atoms with Crippen molar-refractivity contribution >= 4 is 40.9 Å². The number of imidazole rings is 1. The van der Waals surface area contributed by atoms with Crippen LogP contribution in [0.25, 0.3) is 11.3 Å². The molecule has 2 aromatic heterocycles. The molecule has 0 saturated heterocycles. The summed E-state index contributed by atoms with van der Waals surface area (Å²) in [6.45, 7) is -0.132. The lowest BCUT2D eigenvalue weighted by Crippen LogP contribution is -2.00. The second-order valence-electron chi connectivity index (χ2n) is 5.08. The van der Waals surface area contributed by atoms with Gasteiger partial charge < -0.3 is 15.0 Å². The highest BCUT2D eigenvalue weighted by molar-refractivity contribution is 7.99. The molecular formula is C16H12Cl2N6OS. The summed E-state index contributed by atoms with van der Waals surface area (Å²) in [7, 11) is 1.88. The molecule has 2 heterocycles. The molecule has 0 radical (unpaired) electrons. The van der Waals surface area contributed by atoms with E-state index in [0.717, 1.165) is 5.16 Å². The number of nitriles is 1. The second-order valence-corrected chi connectivity index (χ2v) is 6.88. The summed E-state index contributed by atoms with van der Waals surface area (Å²) in [6.07, 6.45) is 3.53. The minimum atomic E-state index is -0.132. The number of halogens is 2. The van der Waals surface area contributed by atoms with Crippen molar-refractivity contribution in [1.82, 2.24) is 19.5 Å². The molecule has 1 aromatic carbocycles. The number of ether oxygens (including phenoxy) is 1. The average molecular weight is 407 g/mol. The lowest BCUT2D eigenvalue weighted by atomic mass is 10.1. The Morgan fingerprint density at radius 2 is 2.08 bits per heavy atom. The number of nitrogens with two attached hydrogens (primary N) is 1. The highest BCUT2D eigenvalue weighted by Gasteiger charge is 2.14. The first-order chi connectivity index (χ1) is 12.5. The Morgan fingerprint density at radius 3 is 2.77 bits per heavy atom. The van der Waals surface area contributed by atoms with Crippen LogP contribution in [0.1, 0.15) is 0 Å². The Kier molecular flexibility index (Phi) is 5.52. The predicted molar refractivity (Wildman–Crippen MR) is 100 cm³/mol. The molecule has 0 unspecified atom stereocenters. The first-order valence-electron chi connectivity index (χ1n) is 7.27. The number of hydrogen-bond donors (Lipinski definition) is 1. The van der Waals surface area contributed by atoms with Crippen LogP contribution in [-0.4, -0.2) is 26.1 Å². The van der Waals surface area contributed by atoms with Crippen LogP contribution in [0.2, 0.25) is 10.0 Å². The number of aryl methyl sites for hydroxylation is 1. The normalized spacial score (nSPS) is 10.5. The quantitative estimate of drug-likeness (QED) is 0.642. The van der Waals surface area contributed by atoms with Crippen LogP contribution < -0.4 is 10.5 Å².